The molecule has 1 aliphatic heterocycles. The van der Waals surface area contributed by atoms with Crippen LogP contribution in [0.4, 0.5) is 0 Å². The Morgan fingerprint density at radius 2 is 1.80 bits per heavy atom. The quantitative estimate of drug-likeness (QED) is 0.851. The molecule has 3 heteroatoms. The molecule has 2 rings (SSSR count). The zero-order chi connectivity index (χ0) is 14.8. The molecular weight excluding hydrogens is 250 g/mol. The van der Waals surface area contributed by atoms with E-state index in [2.05, 4.69) is 33.0 Å². The van der Waals surface area contributed by atoms with Gasteiger partial charge in [-0.25, -0.2) is 0 Å². The topological polar surface area (TPSA) is 30.7 Å². The molecule has 20 heavy (non-hydrogen) atoms. The Morgan fingerprint density at radius 3 is 2.30 bits per heavy atom. The molecule has 110 valence electrons. The lowest BCUT2D eigenvalue weighted by Gasteiger charge is -2.47. The first kappa shape index (κ1) is 15.0. The predicted octanol–water partition coefficient (Wildman–Crippen LogP) is 1.64. The number of hydrogen-bond acceptors (Lipinski definition) is 2. The van der Waals surface area contributed by atoms with E-state index in [0.29, 0.717) is 18.3 Å². The number of benzene rings is 1. The van der Waals surface area contributed by atoms with Crippen molar-refractivity contribution in [1.29, 1.82) is 0 Å². The van der Waals surface area contributed by atoms with Gasteiger partial charge in [-0.1, -0.05) is 51.1 Å². The molecule has 1 N–H and O–H groups in total. The SMILES string of the molecule is CCC(=O)OC1(c2ccccc2)[C@@H](C)C[NH+](C)C[C@@H]1C. The van der Waals surface area contributed by atoms with E-state index in [1.807, 2.05) is 25.1 Å². The second-order valence-corrected chi connectivity index (χ2v) is 6.15. The van der Waals surface area contributed by atoms with Crippen molar-refractivity contribution in [2.24, 2.45) is 11.8 Å². The maximum absolute atomic E-state index is 12.0. The highest BCUT2D eigenvalue weighted by Gasteiger charge is 2.51. The van der Waals surface area contributed by atoms with Crippen LogP contribution in [0.5, 0.6) is 0 Å². The highest BCUT2D eigenvalue weighted by Crippen LogP contribution is 2.41. The van der Waals surface area contributed by atoms with E-state index in [1.165, 1.54) is 4.90 Å². The normalized spacial score (nSPS) is 33.7. The zero-order valence-electron chi connectivity index (χ0n) is 13.0. The number of esters is 1. The maximum atomic E-state index is 12.0. The van der Waals surface area contributed by atoms with Gasteiger partial charge in [0.2, 0.25) is 0 Å². The smallest absolute Gasteiger partial charge is 0.306 e. The van der Waals surface area contributed by atoms with E-state index < -0.39 is 5.60 Å². The van der Waals surface area contributed by atoms with Crippen molar-refractivity contribution in [1.82, 2.24) is 0 Å². The predicted molar refractivity (Wildman–Crippen MR) is 79.5 cm³/mol. The second kappa shape index (κ2) is 5.96. The molecule has 3 nitrogen and oxygen atoms in total. The first-order valence-electron chi connectivity index (χ1n) is 7.59. The van der Waals surface area contributed by atoms with Crippen molar-refractivity contribution in [2.45, 2.75) is 32.8 Å². The largest absolute Gasteiger partial charge is 0.453 e. The molecule has 1 fully saturated rings. The molecule has 0 unspecified atom stereocenters. The van der Waals surface area contributed by atoms with Crippen molar-refractivity contribution in [2.75, 3.05) is 20.1 Å². The Bertz CT molecular complexity index is 445. The maximum Gasteiger partial charge on any atom is 0.306 e. The van der Waals surface area contributed by atoms with Gasteiger partial charge < -0.3 is 9.64 Å². The number of rotatable bonds is 3. The number of hydrogen-bond donors (Lipinski definition) is 1. The Balaban J connectivity index is 2.45. The first-order valence-corrected chi connectivity index (χ1v) is 7.59. The van der Waals surface area contributed by atoms with E-state index in [4.69, 9.17) is 4.74 Å². The monoisotopic (exact) mass is 276 g/mol. The Kier molecular flexibility index (Phi) is 4.48. The number of carbonyl (C=O) groups excluding carboxylic acids is 1. The molecule has 0 aliphatic carbocycles. The van der Waals surface area contributed by atoms with Crippen molar-refractivity contribution in [3.05, 3.63) is 35.9 Å². The number of quaternary nitrogens is 1. The summed E-state index contributed by atoms with van der Waals surface area (Å²) in [5.41, 5.74) is 0.655. The fourth-order valence-corrected chi connectivity index (χ4v) is 3.71. The van der Waals surface area contributed by atoms with E-state index in [9.17, 15) is 4.79 Å². The molecule has 0 aromatic heterocycles. The van der Waals surface area contributed by atoms with Crippen LogP contribution in [-0.2, 0) is 15.1 Å². The minimum atomic E-state index is -0.478. The lowest BCUT2D eigenvalue weighted by Crippen LogP contribution is -3.12. The van der Waals surface area contributed by atoms with Gasteiger partial charge in [-0.15, -0.1) is 0 Å². The molecule has 0 bridgehead atoms. The minimum Gasteiger partial charge on any atom is -0.453 e. The van der Waals surface area contributed by atoms with E-state index in [-0.39, 0.29) is 5.97 Å². The standard InChI is InChI=1S/C17H25NO2/c1-5-16(19)20-17(15-9-7-6-8-10-15)13(2)11-18(4)12-14(17)3/h6-10,13-14H,5,11-12H2,1-4H3/p+1/t13-,14-/m0/s1. The third kappa shape index (κ3) is 2.59. The highest BCUT2D eigenvalue weighted by molar-refractivity contribution is 5.69. The summed E-state index contributed by atoms with van der Waals surface area (Å²) < 4.78 is 6.03. The van der Waals surface area contributed by atoms with Crippen LogP contribution < -0.4 is 4.90 Å². The van der Waals surface area contributed by atoms with Crippen LogP contribution in [-0.4, -0.2) is 26.1 Å². The Morgan fingerprint density at radius 1 is 1.25 bits per heavy atom. The molecule has 1 aromatic rings. The summed E-state index contributed by atoms with van der Waals surface area (Å²) in [6.07, 6.45) is 0.427. The van der Waals surface area contributed by atoms with Crippen LogP contribution in [0.1, 0.15) is 32.8 Å². The van der Waals surface area contributed by atoms with Crippen LogP contribution in [0.3, 0.4) is 0 Å². The van der Waals surface area contributed by atoms with Crippen LogP contribution in [0.15, 0.2) is 30.3 Å². The molecule has 2 atom stereocenters. The van der Waals surface area contributed by atoms with Crippen LogP contribution in [0.2, 0.25) is 0 Å². The van der Waals surface area contributed by atoms with Gasteiger partial charge in [-0.05, 0) is 5.56 Å². The summed E-state index contributed by atoms with van der Waals surface area (Å²) in [6.45, 7) is 8.31. The molecule has 1 aromatic carbocycles. The van der Waals surface area contributed by atoms with E-state index in [1.54, 1.807) is 0 Å². The number of carbonyl (C=O) groups is 1. The summed E-state index contributed by atoms with van der Waals surface area (Å²) in [4.78, 5) is 13.5. The van der Waals surface area contributed by atoms with Gasteiger partial charge >= 0.3 is 5.97 Å². The molecule has 0 saturated carbocycles. The molecule has 1 saturated heterocycles. The van der Waals surface area contributed by atoms with Crippen molar-refractivity contribution in [3.8, 4) is 0 Å². The zero-order valence-corrected chi connectivity index (χ0v) is 13.0. The number of likely N-dealkylation sites (tertiary alicyclic amines) is 1. The van der Waals surface area contributed by atoms with Gasteiger partial charge in [0.25, 0.3) is 0 Å². The van der Waals surface area contributed by atoms with Gasteiger partial charge in [0.15, 0.2) is 5.60 Å². The molecule has 1 aliphatic rings. The van der Waals surface area contributed by atoms with Gasteiger partial charge in [0.1, 0.15) is 0 Å². The number of ether oxygens (including phenoxy) is 1. The van der Waals surface area contributed by atoms with Gasteiger partial charge in [0.05, 0.1) is 20.1 Å². The van der Waals surface area contributed by atoms with E-state index in [0.717, 1.165) is 18.7 Å². The molecule has 0 spiro atoms. The summed E-state index contributed by atoms with van der Waals surface area (Å²) in [7, 11) is 2.21. The van der Waals surface area contributed by atoms with Crippen molar-refractivity contribution >= 4 is 5.97 Å². The fourth-order valence-electron chi connectivity index (χ4n) is 3.71. The molecule has 0 radical (unpaired) electrons. The average Bonchev–Trinajstić information content (AvgIpc) is 2.43. The molecular formula is C17H26NO2+. The molecule has 0 amide bonds. The second-order valence-electron chi connectivity index (χ2n) is 6.15. The Hall–Kier alpha value is -1.35. The van der Waals surface area contributed by atoms with E-state index >= 15 is 0 Å². The highest BCUT2D eigenvalue weighted by atomic mass is 16.6. The first-order chi connectivity index (χ1) is 9.50. The third-order valence-electron chi connectivity index (χ3n) is 4.57. The lowest BCUT2D eigenvalue weighted by molar-refractivity contribution is -0.896. The van der Waals surface area contributed by atoms with Crippen molar-refractivity contribution < 1.29 is 14.4 Å². The van der Waals surface area contributed by atoms with Crippen LogP contribution in [0.25, 0.3) is 0 Å². The van der Waals surface area contributed by atoms with Gasteiger partial charge in [0, 0.05) is 18.3 Å². The lowest BCUT2D eigenvalue weighted by atomic mass is 9.70. The van der Waals surface area contributed by atoms with Crippen molar-refractivity contribution in [3.63, 3.8) is 0 Å². The number of nitrogens with one attached hydrogen (secondary N) is 1. The van der Waals surface area contributed by atoms with Crippen LogP contribution in [0, 0.1) is 11.8 Å². The minimum absolute atomic E-state index is 0.105. The average molecular weight is 276 g/mol. The fraction of sp³-hybridized carbons (Fsp3) is 0.588. The number of piperidine rings is 1. The Labute approximate surface area is 121 Å². The summed E-state index contributed by atoms with van der Waals surface area (Å²) >= 11 is 0. The van der Waals surface area contributed by atoms with Crippen LogP contribution >= 0.6 is 0 Å². The van der Waals surface area contributed by atoms with Gasteiger partial charge in [-0.2, -0.15) is 0 Å². The third-order valence-corrected chi connectivity index (χ3v) is 4.57. The summed E-state index contributed by atoms with van der Waals surface area (Å²) in [5, 5.41) is 0. The summed E-state index contributed by atoms with van der Waals surface area (Å²) in [6, 6.07) is 10.3. The summed E-state index contributed by atoms with van der Waals surface area (Å²) in [5.74, 6) is 0.514. The van der Waals surface area contributed by atoms with Gasteiger partial charge in [-0.3, -0.25) is 4.79 Å². The molecule has 1 heterocycles.